The lowest BCUT2D eigenvalue weighted by atomic mass is 10.1. The number of unbranched alkanes of at least 4 members (excludes halogenated alkanes) is 1. The van der Waals surface area contributed by atoms with Crippen molar-refractivity contribution in [3.05, 3.63) is 59.7 Å². The summed E-state index contributed by atoms with van der Waals surface area (Å²) < 4.78 is 0. The van der Waals surface area contributed by atoms with Crippen LogP contribution in [0, 0.1) is 0 Å². The quantitative estimate of drug-likeness (QED) is 0.639. The number of nitrogens with one attached hydrogen (secondary N) is 1. The number of hydrogen-bond donors (Lipinski definition) is 1. The fourth-order valence-corrected chi connectivity index (χ4v) is 4.26. The Morgan fingerprint density at radius 2 is 1.75 bits per heavy atom. The monoisotopic (exact) mass is 396 g/mol. The summed E-state index contributed by atoms with van der Waals surface area (Å²) in [6, 6.07) is 15.5. The molecule has 1 aliphatic heterocycles. The molecule has 1 saturated heterocycles. The maximum atomic E-state index is 12.8. The van der Waals surface area contributed by atoms with Gasteiger partial charge in [-0.15, -0.1) is 11.8 Å². The van der Waals surface area contributed by atoms with Crippen molar-refractivity contribution in [1.82, 2.24) is 4.90 Å². The fraction of sp³-hybridized carbons (Fsp3) is 0.391. The third-order valence-corrected chi connectivity index (χ3v) is 6.03. The van der Waals surface area contributed by atoms with Crippen molar-refractivity contribution in [2.45, 2.75) is 43.9 Å². The van der Waals surface area contributed by atoms with E-state index in [0.29, 0.717) is 11.3 Å². The van der Waals surface area contributed by atoms with Crippen molar-refractivity contribution in [1.29, 1.82) is 0 Å². The Morgan fingerprint density at radius 1 is 1.04 bits per heavy atom. The molecular formula is C23H28N2O2S. The molecule has 4 nitrogen and oxygen atoms in total. The summed E-state index contributed by atoms with van der Waals surface area (Å²) >= 11 is 1.44. The van der Waals surface area contributed by atoms with Gasteiger partial charge in [0.25, 0.3) is 5.91 Å². The van der Waals surface area contributed by atoms with Crippen LogP contribution in [-0.4, -0.2) is 35.6 Å². The first-order valence-corrected chi connectivity index (χ1v) is 11.1. The fourth-order valence-electron chi connectivity index (χ4n) is 3.31. The molecule has 0 spiro atoms. The van der Waals surface area contributed by atoms with Gasteiger partial charge in [0.1, 0.15) is 0 Å². The number of thioether (sulfide) groups is 1. The first kappa shape index (κ1) is 20.5. The molecule has 0 aliphatic carbocycles. The van der Waals surface area contributed by atoms with Crippen LogP contribution in [0.4, 0.5) is 5.69 Å². The minimum absolute atomic E-state index is 0.141. The van der Waals surface area contributed by atoms with Crippen LogP contribution in [0.25, 0.3) is 0 Å². The molecule has 1 fully saturated rings. The van der Waals surface area contributed by atoms with Gasteiger partial charge in [0.2, 0.25) is 5.91 Å². The largest absolute Gasteiger partial charge is 0.342 e. The maximum absolute atomic E-state index is 12.8. The average molecular weight is 397 g/mol. The van der Waals surface area contributed by atoms with E-state index in [0.717, 1.165) is 42.9 Å². The Balaban J connectivity index is 1.61. The minimum Gasteiger partial charge on any atom is -0.342 e. The van der Waals surface area contributed by atoms with Gasteiger partial charge in [-0.05, 0) is 55.5 Å². The van der Waals surface area contributed by atoms with E-state index in [1.165, 1.54) is 30.2 Å². The van der Waals surface area contributed by atoms with Crippen molar-refractivity contribution in [2.24, 2.45) is 0 Å². The Morgan fingerprint density at radius 3 is 2.46 bits per heavy atom. The van der Waals surface area contributed by atoms with Gasteiger partial charge in [-0.3, -0.25) is 9.59 Å². The van der Waals surface area contributed by atoms with Crippen LogP contribution in [0.3, 0.4) is 0 Å². The highest BCUT2D eigenvalue weighted by Crippen LogP contribution is 2.25. The van der Waals surface area contributed by atoms with E-state index in [4.69, 9.17) is 0 Å². The predicted molar refractivity (Wildman–Crippen MR) is 116 cm³/mol. The van der Waals surface area contributed by atoms with Crippen molar-refractivity contribution in [3.63, 3.8) is 0 Å². The Kier molecular flexibility index (Phi) is 7.54. The molecule has 0 radical (unpaired) electrons. The lowest BCUT2D eigenvalue weighted by molar-refractivity contribution is -0.127. The number of amides is 2. The van der Waals surface area contributed by atoms with E-state index in [1.807, 2.05) is 41.3 Å². The highest BCUT2D eigenvalue weighted by Gasteiger charge is 2.19. The molecule has 0 aromatic heterocycles. The molecular weight excluding hydrogens is 368 g/mol. The second-order valence-electron chi connectivity index (χ2n) is 7.13. The SMILES string of the molecule is CCCCc1ccc(NC(=O)c2ccccc2SCC(=O)N2CCCC2)cc1. The summed E-state index contributed by atoms with van der Waals surface area (Å²) in [6.45, 7) is 3.90. The first-order valence-electron chi connectivity index (χ1n) is 10.1. The smallest absolute Gasteiger partial charge is 0.256 e. The third-order valence-electron chi connectivity index (χ3n) is 4.97. The van der Waals surface area contributed by atoms with E-state index in [9.17, 15) is 9.59 Å². The van der Waals surface area contributed by atoms with Crippen molar-refractivity contribution < 1.29 is 9.59 Å². The van der Waals surface area contributed by atoms with Gasteiger partial charge >= 0.3 is 0 Å². The number of likely N-dealkylation sites (tertiary alicyclic amines) is 1. The third kappa shape index (κ3) is 5.61. The molecule has 1 N–H and O–H groups in total. The Bertz CT molecular complexity index is 799. The number of hydrogen-bond acceptors (Lipinski definition) is 3. The molecule has 5 heteroatoms. The zero-order valence-electron chi connectivity index (χ0n) is 16.4. The second-order valence-corrected chi connectivity index (χ2v) is 8.14. The first-order chi connectivity index (χ1) is 13.7. The standard InChI is InChI=1S/C23H28N2O2S/c1-2-3-8-18-11-13-19(14-12-18)24-23(27)20-9-4-5-10-21(20)28-17-22(26)25-15-6-7-16-25/h4-5,9-14H,2-3,6-8,15-17H2,1H3,(H,24,27). The van der Waals surface area contributed by atoms with E-state index >= 15 is 0 Å². The molecule has 2 aromatic carbocycles. The summed E-state index contributed by atoms with van der Waals surface area (Å²) in [4.78, 5) is 27.8. The lowest BCUT2D eigenvalue weighted by Gasteiger charge is -2.15. The van der Waals surface area contributed by atoms with Crippen LogP contribution in [0.1, 0.15) is 48.5 Å². The maximum Gasteiger partial charge on any atom is 0.256 e. The van der Waals surface area contributed by atoms with Gasteiger partial charge in [0.05, 0.1) is 11.3 Å². The number of carbonyl (C=O) groups excluding carboxylic acids is 2. The molecule has 2 amide bonds. The Labute approximate surface area is 171 Å². The number of nitrogens with zero attached hydrogens (tertiary/aromatic N) is 1. The number of benzene rings is 2. The van der Waals surface area contributed by atoms with Gasteiger partial charge < -0.3 is 10.2 Å². The average Bonchev–Trinajstić information content (AvgIpc) is 3.27. The molecule has 1 aliphatic rings. The number of rotatable bonds is 8. The lowest BCUT2D eigenvalue weighted by Crippen LogP contribution is -2.29. The highest BCUT2D eigenvalue weighted by molar-refractivity contribution is 8.00. The van der Waals surface area contributed by atoms with Crippen molar-refractivity contribution in [2.75, 3.05) is 24.2 Å². The summed E-state index contributed by atoms with van der Waals surface area (Å²) in [5, 5.41) is 2.98. The van der Waals surface area contributed by atoms with Gasteiger partial charge in [-0.2, -0.15) is 0 Å². The van der Waals surface area contributed by atoms with Crippen LogP contribution < -0.4 is 5.32 Å². The molecule has 3 rings (SSSR count). The van der Waals surface area contributed by atoms with E-state index in [-0.39, 0.29) is 11.8 Å². The summed E-state index contributed by atoms with van der Waals surface area (Å²) in [6.07, 6.45) is 5.59. The highest BCUT2D eigenvalue weighted by atomic mass is 32.2. The normalized spacial score (nSPS) is 13.5. The van der Waals surface area contributed by atoms with Gasteiger partial charge in [0, 0.05) is 23.7 Å². The summed E-state index contributed by atoms with van der Waals surface area (Å²) in [7, 11) is 0. The minimum atomic E-state index is -0.141. The van der Waals surface area contributed by atoms with Crippen LogP contribution >= 0.6 is 11.8 Å². The zero-order chi connectivity index (χ0) is 19.8. The molecule has 28 heavy (non-hydrogen) atoms. The van der Waals surface area contributed by atoms with Crippen LogP contribution in [-0.2, 0) is 11.2 Å². The number of aryl methyl sites for hydroxylation is 1. The summed E-state index contributed by atoms with van der Waals surface area (Å²) in [5.41, 5.74) is 2.69. The van der Waals surface area contributed by atoms with Gasteiger partial charge in [0.15, 0.2) is 0 Å². The summed E-state index contributed by atoms with van der Waals surface area (Å²) in [5.74, 6) is 0.384. The van der Waals surface area contributed by atoms with Crippen LogP contribution in [0.5, 0.6) is 0 Å². The van der Waals surface area contributed by atoms with E-state index < -0.39 is 0 Å². The molecule has 0 atom stereocenters. The Hall–Kier alpha value is -2.27. The molecule has 2 aromatic rings. The number of carbonyl (C=O) groups is 2. The van der Waals surface area contributed by atoms with Gasteiger partial charge in [-0.1, -0.05) is 37.6 Å². The molecule has 1 heterocycles. The van der Waals surface area contributed by atoms with E-state index in [1.54, 1.807) is 0 Å². The second kappa shape index (κ2) is 10.3. The predicted octanol–water partition coefficient (Wildman–Crippen LogP) is 5.00. The van der Waals surface area contributed by atoms with Crippen molar-refractivity contribution >= 4 is 29.3 Å². The van der Waals surface area contributed by atoms with Crippen molar-refractivity contribution in [3.8, 4) is 0 Å². The molecule has 148 valence electrons. The van der Waals surface area contributed by atoms with E-state index in [2.05, 4.69) is 24.4 Å². The van der Waals surface area contributed by atoms with Crippen LogP contribution in [0.2, 0.25) is 0 Å². The van der Waals surface area contributed by atoms with Gasteiger partial charge in [-0.25, -0.2) is 0 Å². The molecule has 0 saturated carbocycles. The molecule has 0 unspecified atom stereocenters. The van der Waals surface area contributed by atoms with Crippen LogP contribution in [0.15, 0.2) is 53.4 Å². The zero-order valence-corrected chi connectivity index (χ0v) is 17.3. The molecule has 0 bridgehead atoms. The topological polar surface area (TPSA) is 49.4 Å². The number of anilines is 1.